The molecule has 2 aliphatic rings. The van der Waals surface area contributed by atoms with Gasteiger partial charge in [0.25, 0.3) is 5.91 Å². The number of amides is 1. The molecule has 2 aromatic rings. The van der Waals surface area contributed by atoms with Crippen LogP contribution in [0.5, 0.6) is 0 Å². The number of hydrogen-bond donors (Lipinski definition) is 0. The lowest BCUT2D eigenvalue weighted by atomic mass is 10.0. The fourth-order valence-corrected chi connectivity index (χ4v) is 3.98. The molecule has 1 atom stereocenters. The number of nitrogens with zero attached hydrogens (tertiary/aromatic N) is 3. The number of aryl methyl sites for hydroxylation is 1. The molecule has 0 aromatic heterocycles. The number of carbonyl (C=O) groups excluding carboxylic acids is 1. The molecule has 1 fully saturated rings. The van der Waals surface area contributed by atoms with E-state index in [1.165, 1.54) is 23.3 Å². The minimum absolute atomic E-state index is 0.105. The summed E-state index contributed by atoms with van der Waals surface area (Å²) < 4.78 is 14.1. The highest BCUT2D eigenvalue weighted by Gasteiger charge is 2.35. The van der Waals surface area contributed by atoms with E-state index in [9.17, 15) is 9.18 Å². The van der Waals surface area contributed by atoms with E-state index >= 15 is 0 Å². The van der Waals surface area contributed by atoms with Gasteiger partial charge in [-0.3, -0.25) is 9.69 Å². The van der Waals surface area contributed by atoms with Crippen LogP contribution < -0.4 is 0 Å². The second-order valence-electron chi connectivity index (χ2n) is 7.52. The quantitative estimate of drug-likeness (QED) is 0.766. The van der Waals surface area contributed by atoms with E-state index in [-0.39, 0.29) is 22.9 Å². The van der Waals surface area contributed by atoms with Crippen LogP contribution in [0.4, 0.5) is 4.39 Å². The first-order valence-corrected chi connectivity index (χ1v) is 10.1. The maximum absolute atomic E-state index is 14.1. The van der Waals surface area contributed by atoms with E-state index < -0.39 is 11.9 Å². The predicted molar refractivity (Wildman–Crippen MR) is 110 cm³/mol. The van der Waals surface area contributed by atoms with Crippen molar-refractivity contribution >= 4 is 23.2 Å². The summed E-state index contributed by atoms with van der Waals surface area (Å²) in [5, 5.41) is 4.21. The zero-order chi connectivity index (χ0) is 20.4. The number of carbonyl (C=O) groups is 1. The summed E-state index contributed by atoms with van der Waals surface area (Å²) in [7, 11) is 0. The predicted octanol–water partition coefficient (Wildman–Crippen LogP) is 3.62. The van der Waals surface area contributed by atoms with Crippen molar-refractivity contribution in [3.8, 4) is 0 Å². The Morgan fingerprint density at radius 1 is 1.17 bits per heavy atom. The van der Waals surface area contributed by atoms with E-state index in [0.29, 0.717) is 18.8 Å². The monoisotopic (exact) mass is 415 g/mol. The van der Waals surface area contributed by atoms with Gasteiger partial charge in [0.1, 0.15) is 5.82 Å². The first kappa shape index (κ1) is 19.9. The minimum Gasteiger partial charge on any atom is -0.382 e. The Bertz CT molecular complexity index is 904. The van der Waals surface area contributed by atoms with Gasteiger partial charge in [0.2, 0.25) is 6.10 Å². The van der Waals surface area contributed by atoms with Crippen LogP contribution in [-0.4, -0.2) is 53.7 Å². The molecule has 0 spiro atoms. The van der Waals surface area contributed by atoms with E-state index in [0.717, 1.165) is 19.6 Å². The van der Waals surface area contributed by atoms with E-state index in [1.807, 2.05) is 0 Å². The third-order valence-electron chi connectivity index (χ3n) is 5.41. The highest BCUT2D eigenvalue weighted by Crippen LogP contribution is 2.26. The van der Waals surface area contributed by atoms with Crippen LogP contribution in [0.3, 0.4) is 0 Å². The molecular formula is C22H23ClFN3O2. The van der Waals surface area contributed by atoms with E-state index in [2.05, 4.69) is 41.2 Å². The molecule has 1 amide bonds. The molecular weight excluding hydrogens is 393 g/mol. The van der Waals surface area contributed by atoms with Crippen molar-refractivity contribution in [1.29, 1.82) is 0 Å². The van der Waals surface area contributed by atoms with Crippen LogP contribution in [0.15, 0.2) is 47.6 Å². The van der Waals surface area contributed by atoms with Crippen molar-refractivity contribution in [2.24, 2.45) is 5.16 Å². The van der Waals surface area contributed by atoms with Gasteiger partial charge in [0.15, 0.2) is 0 Å². The Kier molecular flexibility index (Phi) is 5.83. The van der Waals surface area contributed by atoms with Crippen molar-refractivity contribution in [3.05, 3.63) is 70.0 Å². The van der Waals surface area contributed by atoms with Crippen LogP contribution in [0.1, 0.15) is 23.1 Å². The second kappa shape index (κ2) is 8.51. The third kappa shape index (κ3) is 4.43. The van der Waals surface area contributed by atoms with Gasteiger partial charge in [-0.05, 0) is 24.6 Å². The van der Waals surface area contributed by atoms with Crippen molar-refractivity contribution in [2.45, 2.75) is 26.0 Å². The number of hydrogen-bond acceptors (Lipinski definition) is 4. The third-order valence-corrected chi connectivity index (χ3v) is 5.72. The van der Waals surface area contributed by atoms with Crippen LogP contribution >= 0.6 is 11.6 Å². The van der Waals surface area contributed by atoms with Crippen molar-refractivity contribution in [1.82, 2.24) is 9.80 Å². The standard InChI is InChI=1S/C22H23ClFN3O2/c1-15-5-7-16(8-6-15)14-26-9-11-27(12-10-26)22(28)20-13-19(25-29-20)21-17(23)3-2-4-18(21)24/h2-8,20H,9-14H2,1H3. The molecule has 0 bridgehead atoms. The maximum Gasteiger partial charge on any atom is 0.266 e. The first-order chi connectivity index (χ1) is 14.0. The van der Waals surface area contributed by atoms with Crippen LogP contribution in [0, 0.1) is 12.7 Å². The highest BCUT2D eigenvalue weighted by molar-refractivity contribution is 6.34. The highest BCUT2D eigenvalue weighted by atomic mass is 35.5. The summed E-state index contributed by atoms with van der Waals surface area (Å²) in [6.45, 7) is 5.84. The molecule has 29 heavy (non-hydrogen) atoms. The molecule has 152 valence electrons. The molecule has 0 radical (unpaired) electrons. The minimum atomic E-state index is -0.718. The average molecular weight is 416 g/mol. The Labute approximate surface area is 174 Å². The lowest BCUT2D eigenvalue weighted by Crippen LogP contribution is -2.51. The topological polar surface area (TPSA) is 45.1 Å². The van der Waals surface area contributed by atoms with Crippen LogP contribution in [0.2, 0.25) is 5.02 Å². The maximum atomic E-state index is 14.1. The molecule has 4 rings (SSSR count). The Balaban J connectivity index is 1.31. The van der Waals surface area contributed by atoms with Crippen molar-refractivity contribution < 1.29 is 14.0 Å². The number of piperazine rings is 1. The largest absolute Gasteiger partial charge is 0.382 e. The SMILES string of the molecule is Cc1ccc(CN2CCN(C(=O)C3CC(c4c(F)cccc4Cl)=NO3)CC2)cc1. The molecule has 0 N–H and O–H groups in total. The molecule has 1 saturated heterocycles. The van der Waals surface area contributed by atoms with E-state index in [4.69, 9.17) is 16.4 Å². The van der Waals surface area contributed by atoms with Crippen LogP contribution in [0.25, 0.3) is 0 Å². The van der Waals surface area contributed by atoms with Gasteiger partial charge in [0.05, 0.1) is 16.3 Å². The number of oxime groups is 1. The Morgan fingerprint density at radius 3 is 2.59 bits per heavy atom. The number of benzene rings is 2. The smallest absolute Gasteiger partial charge is 0.266 e. The fraction of sp³-hybridized carbons (Fsp3) is 0.364. The molecule has 2 aromatic carbocycles. The number of halogens is 2. The van der Waals surface area contributed by atoms with Gasteiger partial charge >= 0.3 is 0 Å². The summed E-state index contributed by atoms with van der Waals surface area (Å²) in [6.07, 6.45) is -0.493. The molecule has 0 saturated carbocycles. The fourth-order valence-electron chi connectivity index (χ4n) is 3.71. The Morgan fingerprint density at radius 2 is 1.90 bits per heavy atom. The van der Waals surface area contributed by atoms with Crippen molar-refractivity contribution in [3.63, 3.8) is 0 Å². The number of rotatable bonds is 4. The molecule has 5 nitrogen and oxygen atoms in total. The van der Waals surface area contributed by atoms with Gasteiger partial charge in [-0.15, -0.1) is 0 Å². The lowest BCUT2D eigenvalue weighted by Gasteiger charge is -2.35. The van der Waals surface area contributed by atoms with Gasteiger partial charge in [-0.2, -0.15) is 0 Å². The summed E-state index contributed by atoms with van der Waals surface area (Å²) >= 11 is 6.10. The normalized spacial score (nSPS) is 19.8. The summed E-state index contributed by atoms with van der Waals surface area (Å²) in [4.78, 5) is 22.3. The zero-order valence-electron chi connectivity index (χ0n) is 16.3. The average Bonchev–Trinajstić information content (AvgIpc) is 3.19. The van der Waals surface area contributed by atoms with Gasteiger partial charge in [-0.1, -0.05) is 52.7 Å². The van der Waals surface area contributed by atoms with Gasteiger partial charge in [0, 0.05) is 39.1 Å². The first-order valence-electron chi connectivity index (χ1n) is 9.75. The summed E-state index contributed by atoms with van der Waals surface area (Å²) in [5.74, 6) is -0.566. The molecule has 2 heterocycles. The Hall–Kier alpha value is -2.44. The van der Waals surface area contributed by atoms with E-state index in [1.54, 1.807) is 11.0 Å². The lowest BCUT2D eigenvalue weighted by molar-refractivity contribution is -0.143. The molecule has 7 heteroatoms. The zero-order valence-corrected chi connectivity index (χ0v) is 17.0. The molecule has 1 unspecified atom stereocenters. The molecule has 2 aliphatic heterocycles. The second-order valence-corrected chi connectivity index (χ2v) is 7.93. The van der Waals surface area contributed by atoms with Crippen LogP contribution in [-0.2, 0) is 16.2 Å². The summed E-state index contributed by atoms with van der Waals surface area (Å²) in [5.41, 5.74) is 3.12. The van der Waals surface area contributed by atoms with Gasteiger partial charge in [-0.25, -0.2) is 4.39 Å². The van der Waals surface area contributed by atoms with Crippen molar-refractivity contribution in [2.75, 3.05) is 26.2 Å². The molecule has 0 aliphatic carbocycles. The van der Waals surface area contributed by atoms with Gasteiger partial charge < -0.3 is 9.74 Å². The summed E-state index contributed by atoms with van der Waals surface area (Å²) in [6, 6.07) is 13.0.